The predicted octanol–water partition coefficient (Wildman–Crippen LogP) is 5.86. The van der Waals surface area contributed by atoms with Crippen molar-refractivity contribution in [1.82, 2.24) is 9.97 Å². The monoisotopic (exact) mass is 405 g/mol. The molecule has 5 aromatic rings. The summed E-state index contributed by atoms with van der Waals surface area (Å²) < 4.78 is 0. The van der Waals surface area contributed by atoms with Gasteiger partial charge in [-0.3, -0.25) is 4.79 Å². The van der Waals surface area contributed by atoms with Crippen LogP contribution in [0.3, 0.4) is 0 Å². The molecule has 4 heteroatoms. The third-order valence-corrected chi connectivity index (χ3v) is 6.91. The molecule has 0 bridgehead atoms. The highest BCUT2D eigenvalue weighted by molar-refractivity contribution is 6.16. The number of para-hydroxylation sites is 3. The zero-order chi connectivity index (χ0) is 21.3. The van der Waals surface area contributed by atoms with E-state index in [0.29, 0.717) is 0 Å². The lowest BCUT2D eigenvalue weighted by Gasteiger charge is -2.28. The van der Waals surface area contributed by atoms with Crippen LogP contribution >= 0.6 is 0 Å². The maximum Gasteiger partial charge on any atom is 0.244 e. The van der Waals surface area contributed by atoms with E-state index < -0.39 is 5.41 Å². The van der Waals surface area contributed by atoms with Gasteiger partial charge in [0.2, 0.25) is 5.91 Å². The summed E-state index contributed by atoms with van der Waals surface area (Å²) in [5.41, 5.74) is 8.47. The predicted molar refractivity (Wildman–Crippen MR) is 126 cm³/mol. The molecular formula is C27H23N3O. The fraction of sp³-hybridized carbons (Fsp3) is 0.148. The van der Waals surface area contributed by atoms with Crippen molar-refractivity contribution in [2.45, 2.75) is 26.2 Å². The molecule has 152 valence electrons. The third kappa shape index (κ3) is 2.17. The Morgan fingerprint density at radius 2 is 1.16 bits per heavy atom. The smallest absolute Gasteiger partial charge is 0.244 e. The first-order valence-electron chi connectivity index (χ1n) is 10.6. The molecule has 31 heavy (non-hydrogen) atoms. The molecule has 6 rings (SSSR count). The topological polar surface area (TPSA) is 60.7 Å². The number of hydrogen-bond acceptors (Lipinski definition) is 1. The largest absolute Gasteiger partial charge is 0.361 e. The van der Waals surface area contributed by atoms with Gasteiger partial charge in [-0.05, 0) is 37.5 Å². The molecule has 0 radical (unpaired) electrons. The number of aryl methyl sites for hydroxylation is 3. The molecule has 0 saturated heterocycles. The van der Waals surface area contributed by atoms with Crippen LogP contribution < -0.4 is 5.32 Å². The number of carbonyl (C=O) groups excluding carboxylic acids is 1. The van der Waals surface area contributed by atoms with E-state index in [2.05, 4.69) is 71.6 Å². The SMILES string of the molecule is Cc1cccc2c1NC(=O)C2(c1c[nH]c2c(C)cccc12)c1c[nH]c2c(C)cccc12. The Hall–Kier alpha value is -3.79. The van der Waals surface area contributed by atoms with E-state index in [-0.39, 0.29) is 5.91 Å². The fourth-order valence-electron chi connectivity index (χ4n) is 5.39. The maximum absolute atomic E-state index is 14.0. The first-order chi connectivity index (χ1) is 15.0. The van der Waals surface area contributed by atoms with Crippen molar-refractivity contribution in [3.8, 4) is 0 Å². The Kier molecular flexibility index (Phi) is 3.55. The minimum absolute atomic E-state index is 0.0124. The molecule has 1 aliphatic heterocycles. The Morgan fingerprint density at radius 1 is 0.645 bits per heavy atom. The quantitative estimate of drug-likeness (QED) is 0.338. The highest BCUT2D eigenvalue weighted by Gasteiger charge is 2.52. The number of aromatic amines is 2. The first-order valence-corrected chi connectivity index (χ1v) is 10.6. The molecule has 0 unspecified atom stereocenters. The van der Waals surface area contributed by atoms with Gasteiger partial charge in [0.05, 0.1) is 0 Å². The molecule has 0 aliphatic carbocycles. The zero-order valence-electron chi connectivity index (χ0n) is 17.8. The Balaban J connectivity index is 1.81. The van der Waals surface area contributed by atoms with Crippen LogP contribution in [0.5, 0.6) is 0 Å². The van der Waals surface area contributed by atoms with E-state index in [1.54, 1.807) is 0 Å². The molecule has 3 aromatic carbocycles. The highest BCUT2D eigenvalue weighted by atomic mass is 16.2. The van der Waals surface area contributed by atoms with Crippen LogP contribution in [0.1, 0.15) is 33.4 Å². The van der Waals surface area contributed by atoms with Gasteiger partial charge >= 0.3 is 0 Å². The van der Waals surface area contributed by atoms with Gasteiger partial charge in [-0.1, -0.05) is 54.6 Å². The van der Waals surface area contributed by atoms with Crippen molar-refractivity contribution < 1.29 is 4.79 Å². The summed E-state index contributed by atoms with van der Waals surface area (Å²) in [6.45, 7) is 6.24. The summed E-state index contributed by atoms with van der Waals surface area (Å²) in [6, 6.07) is 18.7. The number of aromatic nitrogens is 2. The molecule has 0 atom stereocenters. The second-order valence-electron chi connectivity index (χ2n) is 8.60. The molecule has 0 spiro atoms. The Morgan fingerprint density at radius 3 is 1.74 bits per heavy atom. The van der Waals surface area contributed by atoms with Crippen LogP contribution in [0, 0.1) is 20.8 Å². The van der Waals surface area contributed by atoms with Gasteiger partial charge in [-0.15, -0.1) is 0 Å². The molecule has 0 fully saturated rings. The number of H-pyrrole nitrogens is 2. The molecule has 3 N–H and O–H groups in total. The fourth-order valence-corrected chi connectivity index (χ4v) is 5.39. The molecule has 1 aliphatic rings. The lowest BCUT2D eigenvalue weighted by atomic mass is 9.69. The summed E-state index contributed by atoms with van der Waals surface area (Å²) in [5, 5.41) is 5.38. The summed E-state index contributed by atoms with van der Waals surface area (Å²) in [4.78, 5) is 20.9. The summed E-state index contributed by atoms with van der Waals surface area (Å²) in [5.74, 6) is -0.0124. The highest BCUT2D eigenvalue weighted by Crippen LogP contribution is 2.52. The second-order valence-corrected chi connectivity index (χ2v) is 8.60. The lowest BCUT2D eigenvalue weighted by Crippen LogP contribution is -2.36. The van der Waals surface area contributed by atoms with Crippen LogP contribution in [0.25, 0.3) is 21.8 Å². The maximum atomic E-state index is 14.0. The Bertz CT molecular complexity index is 1440. The van der Waals surface area contributed by atoms with Gasteiger partial charge in [-0.25, -0.2) is 0 Å². The summed E-state index contributed by atoms with van der Waals surface area (Å²) >= 11 is 0. The van der Waals surface area contributed by atoms with Crippen LogP contribution in [0.15, 0.2) is 67.0 Å². The minimum atomic E-state index is -0.945. The van der Waals surface area contributed by atoms with E-state index >= 15 is 0 Å². The van der Waals surface area contributed by atoms with Gasteiger partial charge in [0.1, 0.15) is 5.41 Å². The normalized spacial score (nSPS) is 14.9. The number of rotatable bonds is 2. The van der Waals surface area contributed by atoms with Gasteiger partial charge in [0.25, 0.3) is 0 Å². The van der Waals surface area contributed by atoms with Gasteiger partial charge in [0.15, 0.2) is 0 Å². The standard InChI is InChI=1S/C27H23N3O/c1-15-7-4-10-18-21(13-28-23(15)18)27(20-12-6-9-17(3)25(20)30-26(27)31)22-14-29-24-16(2)8-5-11-19(22)24/h4-14,28-29H,1-3H3,(H,30,31). The van der Waals surface area contributed by atoms with E-state index in [9.17, 15) is 4.79 Å². The van der Waals surface area contributed by atoms with Gasteiger partial charge in [0, 0.05) is 56.6 Å². The van der Waals surface area contributed by atoms with Crippen molar-refractivity contribution in [2.75, 3.05) is 5.32 Å². The number of carbonyl (C=O) groups is 1. The van der Waals surface area contributed by atoms with E-state index in [0.717, 1.165) is 60.9 Å². The number of nitrogens with one attached hydrogen (secondary N) is 3. The first kappa shape index (κ1) is 18.0. The summed E-state index contributed by atoms with van der Waals surface area (Å²) in [6.07, 6.45) is 4.03. The van der Waals surface area contributed by atoms with Crippen molar-refractivity contribution in [3.05, 3.63) is 100 Å². The van der Waals surface area contributed by atoms with Crippen molar-refractivity contribution >= 4 is 33.4 Å². The summed E-state index contributed by atoms with van der Waals surface area (Å²) in [7, 11) is 0. The minimum Gasteiger partial charge on any atom is -0.361 e. The number of hydrogen-bond donors (Lipinski definition) is 3. The van der Waals surface area contributed by atoms with Crippen LogP contribution in [-0.2, 0) is 10.2 Å². The molecule has 3 heterocycles. The number of fused-ring (bicyclic) bond motifs is 3. The van der Waals surface area contributed by atoms with E-state index in [1.807, 2.05) is 31.5 Å². The van der Waals surface area contributed by atoms with Crippen LogP contribution in [0.4, 0.5) is 5.69 Å². The molecular weight excluding hydrogens is 382 g/mol. The number of anilines is 1. The van der Waals surface area contributed by atoms with Crippen molar-refractivity contribution in [2.24, 2.45) is 0 Å². The number of amides is 1. The average molecular weight is 406 g/mol. The Labute approximate surface area is 180 Å². The molecule has 4 nitrogen and oxygen atoms in total. The third-order valence-electron chi connectivity index (χ3n) is 6.91. The van der Waals surface area contributed by atoms with Gasteiger partial charge in [-0.2, -0.15) is 0 Å². The van der Waals surface area contributed by atoms with Crippen molar-refractivity contribution in [1.29, 1.82) is 0 Å². The zero-order valence-corrected chi connectivity index (χ0v) is 17.8. The lowest BCUT2D eigenvalue weighted by molar-refractivity contribution is -0.118. The average Bonchev–Trinajstić information content (AvgIpc) is 3.44. The number of benzene rings is 3. The van der Waals surface area contributed by atoms with Gasteiger partial charge < -0.3 is 15.3 Å². The molecule has 2 aromatic heterocycles. The van der Waals surface area contributed by atoms with Crippen molar-refractivity contribution in [3.63, 3.8) is 0 Å². The molecule has 1 amide bonds. The van der Waals surface area contributed by atoms with E-state index in [4.69, 9.17) is 0 Å². The van der Waals surface area contributed by atoms with E-state index in [1.165, 1.54) is 0 Å². The van der Waals surface area contributed by atoms with Crippen LogP contribution in [-0.4, -0.2) is 15.9 Å². The van der Waals surface area contributed by atoms with Crippen LogP contribution in [0.2, 0.25) is 0 Å². The second kappa shape index (κ2) is 6.11. The molecule has 0 saturated carbocycles.